The molecule has 1 aromatic rings. The predicted molar refractivity (Wildman–Crippen MR) is 56.4 cm³/mol. The Morgan fingerprint density at radius 1 is 1.40 bits per heavy atom. The first-order valence-electron chi connectivity index (χ1n) is 4.34. The fourth-order valence-electron chi connectivity index (χ4n) is 1.08. The van der Waals surface area contributed by atoms with Crippen LogP contribution >= 0.6 is 0 Å². The van der Waals surface area contributed by atoms with Crippen molar-refractivity contribution in [3.63, 3.8) is 0 Å². The third kappa shape index (κ3) is 3.10. The van der Waals surface area contributed by atoms with E-state index in [4.69, 9.17) is 15.0 Å². The summed E-state index contributed by atoms with van der Waals surface area (Å²) in [5.74, 6) is 0.0988. The van der Waals surface area contributed by atoms with Crippen molar-refractivity contribution in [2.75, 3.05) is 5.73 Å². The molecule has 3 N–H and O–H groups in total. The van der Waals surface area contributed by atoms with E-state index in [1.807, 2.05) is 0 Å². The van der Waals surface area contributed by atoms with Gasteiger partial charge in [0.25, 0.3) is 10.1 Å². The minimum absolute atomic E-state index is 0.0988. The third-order valence-electron chi connectivity index (χ3n) is 1.61. The Bertz CT molecular complexity index is 453. The molecule has 0 aliphatic heterocycles. The summed E-state index contributed by atoms with van der Waals surface area (Å²) in [6.07, 6.45) is -0.186. The zero-order valence-electron chi connectivity index (χ0n) is 8.47. The van der Waals surface area contributed by atoms with Gasteiger partial charge in [-0.1, -0.05) is 0 Å². The highest BCUT2D eigenvalue weighted by atomic mass is 32.2. The maximum Gasteiger partial charge on any atom is 0.298 e. The molecule has 0 aliphatic carbocycles. The normalized spacial score (nSPS) is 11.7. The van der Waals surface area contributed by atoms with Gasteiger partial charge < -0.3 is 10.5 Å². The van der Waals surface area contributed by atoms with E-state index in [2.05, 4.69) is 0 Å². The summed E-state index contributed by atoms with van der Waals surface area (Å²) in [4.78, 5) is -0.309. The van der Waals surface area contributed by atoms with E-state index in [1.165, 1.54) is 12.1 Å². The van der Waals surface area contributed by atoms with Gasteiger partial charge in [0, 0.05) is 5.69 Å². The zero-order valence-corrected chi connectivity index (χ0v) is 9.28. The molecular weight excluding hydrogens is 218 g/mol. The van der Waals surface area contributed by atoms with Crippen LogP contribution in [0.3, 0.4) is 0 Å². The quantitative estimate of drug-likeness (QED) is 0.604. The van der Waals surface area contributed by atoms with E-state index in [1.54, 1.807) is 13.8 Å². The first kappa shape index (κ1) is 11.8. The van der Waals surface area contributed by atoms with Crippen molar-refractivity contribution in [1.82, 2.24) is 0 Å². The largest absolute Gasteiger partial charge is 0.490 e. The molecule has 0 bridgehead atoms. The number of ether oxygens (including phenoxy) is 1. The van der Waals surface area contributed by atoms with E-state index in [0.717, 1.165) is 6.07 Å². The van der Waals surface area contributed by atoms with Gasteiger partial charge in [-0.2, -0.15) is 8.42 Å². The van der Waals surface area contributed by atoms with Crippen molar-refractivity contribution >= 4 is 15.8 Å². The van der Waals surface area contributed by atoms with E-state index in [-0.39, 0.29) is 22.4 Å². The molecule has 0 aliphatic rings. The minimum atomic E-state index is -4.31. The fourth-order valence-corrected chi connectivity index (χ4v) is 1.73. The molecule has 5 nitrogen and oxygen atoms in total. The van der Waals surface area contributed by atoms with Crippen LogP contribution in [0, 0.1) is 0 Å². The van der Waals surface area contributed by atoms with E-state index >= 15 is 0 Å². The van der Waals surface area contributed by atoms with Crippen molar-refractivity contribution in [3.05, 3.63) is 18.2 Å². The summed E-state index contributed by atoms with van der Waals surface area (Å²) in [5.41, 5.74) is 5.67. The van der Waals surface area contributed by atoms with Gasteiger partial charge in [0.1, 0.15) is 10.6 Å². The van der Waals surface area contributed by atoms with Gasteiger partial charge in [-0.05, 0) is 32.0 Å². The number of benzene rings is 1. The molecule has 0 amide bonds. The number of nitrogens with two attached hydrogens (primary N) is 1. The number of rotatable bonds is 3. The predicted octanol–water partition coefficient (Wildman–Crippen LogP) is 1.30. The minimum Gasteiger partial charge on any atom is -0.490 e. The second-order valence-electron chi connectivity index (χ2n) is 3.35. The van der Waals surface area contributed by atoms with Crippen LogP contribution in [0.15, 0.2) is 23.1 Å². The number of anilines is 1. The second-order valence-corrected chi connectivity index (χ2v) is 4.74. The fraction of sp³-hybridized carbons (Fsp3) is 0.333. The lowest BCUT2D eigenvalue weighted by Crippen LogP contribution is -2.10. The lowest BCUT2D eigenvalue weighted by Gasteiger charge is -2.12. The molecule has 6 heteroatoms. The van der Waals surface area contributed by atoms with Crippen LogP contribution in [-0.4, -0.2) is 19.1 Å². The van der Waals surface area contributed by atoms with Crippen molar-refractivity contribution in [2.24, 2.45) is 0 Å². The number of nitrogen functional groups attached to an aromatic ring is 1. The maximum atomic E-state index is 11.0. The summed E-state index contributed by atoms with van der Waals surface area (Å²) in [5, 5.41) is 0. The molecule has 0 atom stereocenters. The van der Waals surface area contributed by atoms with E-state index < -0.39 is 10.1 Å². The van der Waals surface area contributed by atoms with Gasteiger partial charge in [0.05, 0.1) is 6.10 Å². The number of hydrogen-bond donors (Lipinski definition) is 2. The van der Waals surface area contributed by atoms with E-state index in [0.29, 0.717) is 0 Å². The van der Waals surface area contributed by atoms with Gasteiger partial charge in [-0.3, -0.25) is 4.55 Å². The Kier molecular flexibility index (Phi) is 3.21. The highest BCUT2D eigenvalue weighted by Crippen LogP contribution is 2.26. The van der Waals surface area contributed by atoms with Crippen LogP contribution in [0.25, 0.3) is 0 Å². The van der Waals surface area contributed by atoms with Gasteiger partial charge >= 0.3 is 0 Å². The summed E-state index contributed by atoms with van der Waals surface area (Å²) < 4.78 is 36.2. The molecule has 0 radical (unpaired) electrons. The van der Waals surface area contributed by atoms with E-state index in [9.17, 15) is 8.42 Å². The van der Waals surface area contributed by atoms with Crippen LogP contribution in [-0.2, 0) is 10.1 Å². The monoisotopic (exact) mass is 231 g/mol. The summed E-state index contributed by atoms with van der Waals surface area (Å²) in [7, 11) is -4.31. The van der Waals surface area contributed by atoms with Crippen LogP contribution in [0.5, 0.6) is 5.75 Å². The topological polar surface area (TPSA) is 89.6 Å². The van der Waals surface area contributed by atoms with Crippen molar-refractivity contribution < 1.29 is 17.7 Å². The third-order valence-corrected chi connectivity index (χ3v) is 2.48. The first-order valence-corrected chi connectivity index (χ1v) is 5.78. The Morgan fingerprint density at radius 3 is 2.47 bits per heavy atom. The zero-order chi connectivity index (χ0) is 11.6. The molecular formula is C9H13NO4S. The molecule has 0 saturated heterocycles. The Hall–Kier alpha value is -1.27. The molecule has 0 fully saturated rings. The lowest BCUT2D eigenvalue weighted by molar-refractivity contribution is 0.235. The van der Waals surface area contributed by atoms with Crippen LogP contribution in [0.4, 0.5) is 5.69 Å². The Balaban J connectivity index is 3.27. The highest BCUT2D eigenvalue weighted by molar-refractivity contribution is 7.86. The molecule has 0 aromatic heterocycles. The summed E-state index contributed by atoms with van der Waals surface area (Å²) >= 11 is 0. The highest BCUT2D eigenvalue weighted by Gasteiger charge is 2.17. The molecule has 84 valence electrons. The molecule has 1 aromatic carbocycles. The van der Waals surface area contributed by atoms with Gasteiger partial charge in [0.15, 0.2) is 0 Å². The van der Waals surface area contributed by atoms with Crippen molar-refractivity contribution in [3.8, 4) is 5.75 Å². The first-order chi connectivity index (χ1) is 6.80. The molecule has 15 heavy (non-hydrogen) atoms. The molecule has 1 rings (SSSR count). The lowest BCUT2D eigenvalue weighted by atomic mass is 10.3. The summed E-state index contributed by atoms with van der Waals surface area (Å²) in [6, 6.07) is 4.08. The molecule has 0 unspecified atom stereocenters. The second kappa shape index (κ2) is 4.08. The standard InChI is InChI=1S/C9H13NO4S/c1-6(2)14-8-4-3-7(10)5-9(8)15(11,12)13/h3-6H,10H2,1-2H3,(H,11,12,13). The van der Waals surface area contributed by atoms with Crippen LogP contribution in [0.2, 0.25) is 0 Å². The van der Waals surface area contributed by atoms with Gasteiger partial charge in [-0.25, -0.2) is 0 Å². The Labute approximate surface area is 88.6 Å². The van der Waals surface area contributed by atoms with Gasteiger partial charge in [-0.15, -0.1) is 0 Å². The maximum absolute atomic E-state index is 11.0. The summed E-state index contributed by atoms with van der Waals surface area (Å²) in [6.45, 7) is 3.51. The molecule has 0 saturated carbocycles. The van der Waals surface area contributed by atoms with Gasteiger partial charge in [0.2, 0.25) is 0 Å². The Morgan fingerprint density at radius 2 is 2.00 bits per heavy atom. The van der Waals surface area contributed by atoms with Crippen molar-refractivity contribution in [2.45, 2.75) is 24.8 Å². The van der Waals surface area contributed by atoms with Crippen molar-refractivity contribution in [1.29, 1.82) is 0 Å². The van der Waals surface area contributed by atoms with Crippen LogP contribution < -0.4 is 10.5 Å². The average Bonchev–Trinajstić information content (AvgIpc) is 2.05. The average molecular weight is 231 g/mol. The molecule has 0 heterocycles. The van der Waals surface area contributed by atoms with Crippen LogP contribution in [0.1, 0.15) is 13.8 Å². The smallest absolute Gasteiger partial charge is 0.298 e. The SMILES string of the molecule is CC(C)Oc1ccc(N)cc1S(=O)(=O)O. The molecule has 0 spiro atoms. The number of hydrogen-bond acceptors (Lipinski definition) is 4.